The molecule has 0 saturated carbocycles. The average molecular weight is 297 g/mol. The molecule has 1 aromatic rings. The van der Waals surface area contributed by atoms with Crippen molar-refractivity contribution in [2.45, 2.75) is 18.6 Å². The number of hydrogen-bond acceptors (Lipinski definition) is 4. The number of nitrogens with two attached hydrogens (primary N) is 2. The van der Waals surface area contributed by atoms with Crippen LogP contribution >= 0.6 is 0 Å². The van der Waals surface area contributed by atoms with Gasteiger partial charge in [-0.15, -0.1) is 0 Å². The van der Waals surface area contributed by atoms with Crippen molar-refractivity contribution in [1.29, 1.82) is 0 Å². The number of amides is 1. The summed E-state index contributed by atoms with van der Waals surface area (Å²) in [5.74, 6) is -0.633. The second-order valence-electron chi connectivity index (χ2n) is 5.08. The third-order valence-electron chi connectivity index (χ3n) is 3.55. The van der Waals surface area contributed by atoms with E-state index in [2.05, 4.69) is 0 Å². The third-order valence-corrected chi connectivity index (χ3v) is 5.40. The first-order valence-corrected chi connectivity index (χ1v) is 8.11. The Morgan fingerprint density at radius 2 is 1.95 bits per heavy atom. The lowest BCUT2D eigenvalue weighted by Crippen LogP contribution is -2.42. The Hall–Kier alpha value is -1.60. The summed E-state index contributed by atoms with van der Waals surface area (Å²) in [6.07, 6.45) is 0.983. The standard InChI is InChI=1S/C13H19N3O3S/c14-12-3-1-2-10(8-12)9-20(18,19)16-6-4-11(5-7-16)13(15)17/h1-3,8,11H,4-7,9,14H2,(H2,15,17). The Balaban J connectivity index is 2.03. The van der Waals surface area contributed by atoms with Gasteiger partial charge in [-0.05, 0) is 30.5 Å². The molecule has 1 aliphatic rings. The van der Waals surface area contributed by atoms with Crippen molar-refractivity contribution < 1.29 is 13.2 Å². The highest BCUT2D eigenvalue weighted by Gasteiger charge is 2.30. The number of carbonyl (C=O) groups excluding carboxylic acids is 1. The van der Waals surface area contributed by atoms with E-state index in [0.29, 0.717) is 37.2 Å². The van der Waals surface area contributed by atoms with Crippen molar-refractivity contribution >= 4 is 21.6 Å². The first-order valence-electron chi connectivity index (χ1n) is 6.50. The van der Waals surface area contributed by atoms with Crippen LogP contribution in [0.15, 0.2) is 24.3 Å². The van der Waals surface area contributed by atoms with Crippen LogP contribution in [0.4, 0.5) is 5.69 Å². The SMILES string of the molecule is NC(=O)C1CCN(S(=O)(=O)Cc2cccc(N)c2)CC1. The van der Waals surface area contributed by atoms with E-state index >= 15 is 0 Å². The highest BCUT2D eigenvalue weighted by atomic mass is 32.2. The molecule has 0 atom stereocenters. The minimum absolute atomic E-state index is 0.0702. The Morgan fingerprint density at radius 1 is 1.30 bits per heavy atom. The molecule has 0 bridgehead atoms. The van der Waals surface area contributed by atoms with Crippen molar-refractivity contribution in [3.05, 3.63) is 29.8 Å². The summed E-state index contributed by atoms with van der Waals surface area (Å²) < 4.78 is 26.0. The van der Waals surface area contributed by atoms with E-state index in [1.54, 1.807) is 24.3 Å². The zero-order valence-electron chi connectivity index (χ0n) is 11.2. The summed E-state index contributed by atoms with van der Waals surface area (Å²) in [5, 5.41) is 0. The number of hydrogen-bond donors (Lipinski definition) is 2. The minimum atomic E-state index is -3.38. The first kappa shape index (κ1) is 14.8. The van der Waals surface area contributed by atoms with Crippen LogP contribution in [0.2, 0.25) is 0 Å². The lowest BCUT2D eigenvalue weighted by molar-refractivity contribution is -0.122. The summed E-state index contributed by atoms with van der Waals surface area (Å²) >= 11 is 0. The third kappa shape index (κ3) is 3.49. The Labute approximate surface area is 118 Å². The number of sulfonamides is 1. The monoisotopic (exact) mass is 297 g/mol. The highest BCUT2D eigenvalue weighted by molar-refractivity contribution is 7.88. The van der Waals surface area contributed by atoms with Gasteiger partial charge in [0.15, 0.2) is 0 Å². The van der Waals surface area contributed by atoms with Crippen LogP contribution in [0.3, 0.4) is 0 Å². The number of carbonyl (C=O) groups is 1. The van der Waals surface area contributed by atoms with Crippen LogP contribution in [0.1, 0.15) is 18.4 Å². The molecule has 1 saturated heterocycles. The second kappa shape index (κ2) is 5.80. The molecule has 20 heavy (non-hydrogen) atoms. The van der Waals surface area contributed by atoms with Crippen LogP contribution < -0.4 is 11.5 Å². The Kier molecular flexibility index (Phi) is 4.29. The molecular formula is C13H19N3O3S. The summed E-state index contributed by atoms with van der Waals surface area (Å²) in [5.41, 5.74) is 12.1. The molecule has 1 amide bonds. The molecule has 6 nitrogen and oxygen atoms in total. The normalized spacial score (nSPS) is 18.0. The number of primary amides is 1. The number of nitrogens with zero attached hydrogens (tertiary/aromatic N) is 1. The van der Waals surface area contributed by atoms with Crippen molar-refractivity contribution in [3.63, 3.8) is 0 Å². The smallest absolute Gasteiger partial charge is 0.220 e. The molecule has 0 aromatic heterocycles. The fourth-order valence-electron chi connectivity index (χ4n) is 2.40. The molecule has 0 spiro atoms. The van der Waals surface area contributed by atoms with Gasteiger partial charge in [-0.2, -0.15) is 0 Å². The molecule has 7 heteroatoms. The van der Waals surface area contributed by atoms with Crippen molar-refractivity contribution in [2.75, 3.05) is 18.8 Å². The summed E-state index contributed by atoms with van der Waals surface area (Å²) in [4.78, 5) is 11.1. The van der Waals surface area contributed by atoms with Crippen LogP contribution in [0.25, 0.3) is 0 Å². The summed E-state index contributed by atoms with van der Waals surface area (Å²) in [6.45, 7) is 0.691. The Morgan fingerprint density at radius 3 is 2.50 bits per heavy atom. The first-order chi connectivity index (χ1) is 9.38. The summed E-state index contributed by atoms with van der Waals surface area (Å²) in [7, 11) is -3.38. The number of benzene rings is 1. The molecule has 1 heterocycles. The highest BCUT2D eigenvalue weighted by Crippen LogP contribution is 2.21. The van der Waals surface area contributed by atoms with Crippen molar-refractivity contribution in [3.8, 4) is 0 Å². The van der Waals surface area contributed by atoms with Gasteiger partial charge >= 0.3 is 0 Å². The minimum Gasteiger partial charge on any atom is -0.399 e. The average Bonchev–Trinajstić information content (AvgIpc) is 2.38. The van der Waals surface area contributed by atoms with Crippen LogP contribution in [-0.2, 0) is 20.6 Å². The van der Waals surface area contributed by atoms with E-state index in [9.17, 15) is 13.2 Å². The maximum atomic E-state index is 12.3. The van der Waals surface area contributed by atoms with Crippen molar-refractivity contribution in [2.24, 2.45) is 11.7 Å². The maximum Gasteiger partial charge on any atom is 0.220 e. The van der Waals surface area contributed by atoms with E-state index in [1.807, 2.05) is 0 Å². The van der Waals surface area contributed by atoms with E-state index in [-0.39, 0.29) is 17.6 Å². The van der Waals surface area contributed by atoms with E-state index < -0.39 is 10.0 Å². The molecule has 1 aliphatic heterocycles. The van der Waals surface area contributed by atoms with Gasteiger partial charge in [0.05, 0.1) is 5.75 Å². The van der Waals surface area contributed by atoms with Gasteiger partial charge in [-0.1, -0.05) is 12.1 Å². The van der Waals surface area contributed by atoms with E-state index in [1.165, 1.54) is 4.31 Å². The number of rotatable bonds is 4. The maximum absolute atomic E-state index is 12.3. The predicted molar refractivity (Wildman–Crippen MR) is 77.0 cm³/mol. The quantitative estimate of drug-likeness (QED) is 0.779. The van der Waals surface area contributed by atoms with Gasteiger partial charge in [0.2, 0.25) is 15.9 Å². The molecular weight excluding hydrogens is 278 g/mol. The molecule has 1 fully saturated rings. The number of piperidine rings is 1. The van der Waals surface area contributed by atoms with Gasteiger partial charge in [-0.25, -0.2) is 12.7 Å². The zero-order chi connectivity index (χ0) is 14.8. The topological polar surface area (TPSA) is 106 Å². The summed E-state index contributed by atoms with van der Waals surface area (Å²) in [6, 6.07) is 6.85. The van der Waals surface area contributed by atoms with Crippen molar-refractivity contribution in [1.82, 2.24) is 4.31 Å². The van der Waals surface area contributed by atoms with Crippen LogP contribution in [0, 0.1) is 5.92 Å². The van der Waals surface area contributed by atoms with Gasteiger partial charge in [0.1, 0.15) is 0 Å². The fraction of sp³-hybridized carbons (Fsp3) is 0.462. The van der Waals surface area contributed by atoms with Gasteiger partial charge in [0.25, 0.3) is 0 Å². The lowest BCUT2D eigenvalue weighted by atomic mass is 9.98. The molecule has 0 unspecified atom stereocenters. The van der Waals surface area contributed by atoms with Gasteiger partial charge < -0.3 is 11.5 Å². The second-order valence-corrected chi connectivity index (χ2v) is 7.05. The fourth-order valence-corrected chi connectivity index (χ4v) is 3.95. The van der Waals surface area contributed by atoms with E-state index in [0.717, 1.165) is 0 Å². The zero-order valence-corrected chi connectivity index (χ0v) is 12.0. The molecule has 0 aliphatic carbocycles. The molecule has 1 aromatic carbocycles. The largest absolute Gasteiger partial charge is 0.399 e. The number of anilines is 1. The lowest BCUT2D eigenvalue weighted by Gasteiger charge is -2.29. The van der Waals surface area contributed by atoms with Gasteiger partial charge in [-0.3, -0.25) is 4.79 Å². The Bertz CT molecular complexity index is 593. The molecule has 4 N–H and O–H groups in total. The van der Waals surface area contributed by atoms with Crippen LogP contribution in [0.5, 0.6) is 0 Å². The van der Waals surface area contributed by atoms with E-state index in [4.69, 9.17) is 11.5 Å². The predicted octanol–water partition coefficient (Wildman–Crippen LogP) is 0.296. The number of nitrogen functional groups attached to an aromatic ring is 1. The van der Waals surface area contributed by atoms with Gasteiger partial charge in [0, 0.05) is 24.7 Å². The van der Waals surface area contributed by atoms with Crippen LogP contribution in [-0.4, -0.2) is 31.7 Å². The molecule has 110 valence electrons. The molecule has 2 rings (SSSR count). The molecule has 0 radical (unpaired) electrons.